The van der Waals surface area contributed by atoms with Gasteiger partial charge in [0, 0.05) is 76.4 Å². The lowest BCUT2D eigenvalue weighted by atomic mass is 9.83. The van der Waals surface area contributed by atoms with E-state index < -0.39 is 18.2 Å². The number of anilines is 1. The van der Waals surface area contributed by atoms with Gasteiger partial charge in [0.25, 0.3) is 5.91 Å². The standard InChI is InChI=1S/C36H45BBrN5O7/c37-28-19-24(20-29(38)33(28)46)21-31(34(47)41-17-15-40(16-18-41)26-7-5-23(6-8-26)22-32(44)45)50-36(49)42-12-10-27(11-13-42)43-14-9-25-3-1-2-4-30(25)39-35(43)48/h1-4,19-20,23,26-27,31,46H,5-18,21-22H2,(H,39,48)(H,44,45)/t23?,26?,31-/m1/s1. The van der Waals surface area contributed by atoms with Gasteiger partial charge in [0.1, 0.15) is 13.6 Å². The third kappa shape index (κ3) is 8.56. The molecule has 3 aliphatic heterocycles. The molecule has 0 spiro atoms. The van der Waals surface area contributed by atoms with Crippen molar-refractivity contribution in [2.24, 2.45) is 5.92 Å². The SMILES string of the molecule is [B]c1cc(C[C@@H](OC(=O)N2CCC(N3CCc4ccccc4NC3=O)CC2)C(=O)N2CCN(C3CCC(CC(=O)O)CC3)CC2)cc(Br)c1O. The number of amides is 4. The second kappa shape index (κ2) is 16.1. The Labute approximate surface area is 302 Å². The summed E-state index contributed by atoms with van der Waals surface area (Å²) in [6.45, 7) is 3.77. The largest absolute Gasteiger partial charge is 0.507 e. The summed E-state index contributed by atoms with van der Waals surface area (Å²) >= 11 is 3.32. The molecule has 4 amide bonds. The van der Waals surface area contributed by atoms with E-state index in [0.29, 0.717) is 74.7 Å². The minimum absolute atomic E-state index is 0.0216. The van der Waals surface area contributed by atoms with Crippen molar-refractivity contribution in [3.05, 3.63) is 52.0 Å². The van der Waals surface area contributed by atoms with E-state index in [2.05, 4.69) is 26.1 Å². The fourth-order valence-corrected chi connectivity index (χ4v) is 8.48. The maximum atomic E-state index is 14.0. The highest BCUT2D eigenvalue weighted by atomic mass is 79.9. The van der Waals surface area contributed by atoms with Crippen molar-refractivity contribution in [3.63, 3.8) is 0 Å². The minimum atomic E-state index is -1.09. The summed E-state index contributed by atoms with van der Waals surface area (Å²) in [5.74, 6) is -0.877. The smallest absolute Gasteiger partial charge is 0.410 e. The molecular weight excluding hydrogens is 705 g/mol. The number of carboxylic acid groups (broad SMARTS) is 1. The lowest BCUT2D eigenvalue weighted by molar-refractivity contribution is -0.143. The molecule has 12 nitrogen and oxygen atoms in total. The highest BCUT2D eigenvalue weighted by molar-refractivity contribution is 9.10. The number of fused-ring (bicyclic) bond motifs is 1. The Morgan fingerprint density at radius 3 is 2.30 bits per heavy atom. The number of hydrogen-bond donors (Lipinski definition) is 3. The number of halogens is 1. The maximum Gasteiger partial charge on any atom is 0.410 e. The number of carbonyl (C=O) groups is 4. The monoisotopic (exact) mass is 749 g/mol. The number of ether oxygens (including phenoxy) is 1. The molecule has 1 aliphatic carbocycles. The number of likely N-dealkylation sites (tertiary alicyclic amines) is 1. The summed E-state index contributed by atoms with van der Waals surface area (Å²) < 4.78 is 6.38. The van der Waals surface area contributed by atoms with E-state index in [-0.39, 0.29) is 48.0 Å². The molecule has 6 rings (SSSR count). The van der Waals surface area contributed by atoms with Gasteiger partial charge in [-0.2, -0.15) is 0 Å². The normalized spacial score (nSPS) is 22.7. The van der Waals surface area contributed by atoms with Crippen molar-refractivity contribution in [1.29, 1.82) is 0 Å². The van der Waals surface area contributed by atoms with Gasteiger partial charge >= 0.3 is 18.1 Å². The van der Waals surface area contributed by atoms with Crippen molar-refractivity contribution < 1.29 is 34.1 Å². The molecule has 50 heavy (non-hydrogen) atoms. The quantitative estimate of drug-likeness (QED) is 0.347. The molecule has 2 aromatic rings. The molecular formula is C36H45BBrN5O7. The molecule has 3 N–H and O–H groups in total. The molecule has 266 valence electrons. The number of hydrogen-bond acceptors (Lipinski definition) is 7. The summed E-state index contributed by atoms with van der Waals surface area (Å²) in [4.78, 5) is 59.5. The molecule has 4 aliphatic rings. The van der Waals surface area contributed by atoms with Gasteiger partial charge in [-0.15, -0.1) is 0 Å². The number of aromatic hydroxyl groups is 1. The summed E-state index contributed by atoms with van der Waals surface area (Å²) in [5.41, 5.74) is 2.73. The number of carboxylic acids is 1. The van der Waals surface area contributed by atoms with Crippen LogP contribution in [0.5, 0.6) is 5.75 Å². The summed E-state index contributed by atoms with van der Waals surface area (Å²) in [7, 11) is 6.01. The Morgan fingerprint density at radius 2 is 1.62 bits per heavy atom. The van der Waals surface area contributed by atoms with Crippen LogP contribution in [0.15, 0.2) is 40.9 Å². The van der Waals surface area contributed by atoms with Crippen molar-refractivity contribution in [1.82, 2.24) is 19.6 Å². The van der Waals surface area contributed by atoms with Crippen LogP contribution in [0.1, 0.15) is 56.1 Å². The Bertz CT molecular complexity index is 1550. The molecule has 1 atom stereocenters. The first kappa shape index (κ1) is 36.0. The van der Waals surface area contributed by atoms with Crippen LogP contribution < -0.4 is 10.8 Å². The number of para-hydroxylation sites is 1. The zero-order valence-electron chi connectivity index (χ0n) is 28.3. The first-order valence-electron chi connectivity index (χ1n) is 17.7. The van der Waals surface area contributed by atoms with Gasteiger partial charge in [0.15, 0.2) is 6.10 Å². The second-order valence-electron chi connectivity index (χ2n) is 14.0. The number of phenols is 1. The highest BCUT2D eigenvalue weighted by Crippen LogP contribution is 2.31. The number of benzene rings is 2. The molecule has 3 heterocycles. The molecule has 2 radical (unpaired) electrons. The van der Waals surface area contributed by atoms with Gasteiger partial charge in [-0.05, 0) is 90.1 Å². The van der Waals surface area contributed by atoms with Crippen LogP contribution in [0.2, 0.25) is 0 Å². The fraction of sp³-hybridized carbons (Fsp3) is 0.556. The van der Waals surface area contributed by atoms with Crippen molar-refractivity contribution >= 4 is 58.9 Å². The lowest BCUT2D eigenvalue weighted by Crippen LogP contribution is -2.55. The first-order valence-corrected chi connectivity index (χ1v) is 18.5. The number of rotatable bonds is 8. The number of aliphatic carboxylic acids is 1. The van der Waals surface area contributed by atoms with Crippen LogP contribution in [0.3, 0.4) is 0 Å². The number of nitrogens with one attached hydrogen (secondary N) is 1. The topological polar surface area (TPSA) is 143 Å². The zero-order chi connectivity index (χ0) is 35.4. The second-order valence-corrected chi connectivity index (χ2v) is 14.8. The van der Waals surface area contributed by atoms with Crippen molar-refractivity contribution in [2.75, 3.05) is 51.1 Å². The van der Waals surface area contributed by atoms with E-state index in [1.807, 2.05) is 29.2 Å². The van der Waals surface area contributed by atoms with E-state index >= 15 is 0 Å². The molecule has 0 aromatic heterocycles. The van der Waals surface area contributed by atoms with Gasteiger partial charge in [-0.25, -0.2) is 9.59 Å². The molecule has 14 heteroatoms. The number of piperidine rings is 1. The van der Waals surface area contributed by atoms with Crippen LogP contribution >= 0.6 is 15.9 Å². The number of piperazine rings is 1. The number of carbonyl (C=O) groups excluding carboxylic acids is 3. The van der Waals surface area contributed by atoms with E-state index in [1.165, 1.54) is 0 Å². The Kier molecular flexibility index (Phi) is 11.6. The average molecular weight is 751 g/mol. The summed E-state index contributed by atoms with van der Waals surface area (Å²) in [6.07, 6.45) is 4.30. The third-order valence-electron chi connectivity index (χ3n) is 10.8. The van der Waals surface area contributed by atoms with Crippen LogP contribution in [-0.2, 0) is 27.2 Å². The van der Waals surface area contributed by atoms with E-state index in [9.17, 15) is 24.3 Å². The highest BCUT2D eigenvalue weighted by Gasteiger charge is 2.36. The van der Waals surface area contributed by atoms with Gasteiger partial charge in [-0.1, -0.05) is 29.7 Å². The first-order chi connectivity index (χ1) is 24.0. The maximum absolute atomic E-state index is 14.0. The Hall–Kier alpha value is -3.78. The summed E-state index contributed by atoms with van der Waals surface area (Å²) in [5, 5.41) is 22.4. The number of nitrogens with zero attached hydrogens (tertiary/aromatic N) is 4. The molecule has 0 unspecified atom stereocenters. The Morgan fingerprint density at radius 1 is 0.920 bits per heavy atom. The zero-order valence-corrected chi connectivity index (χ0v) is 29.9. The van der Waals surface area contributed by atoms with Gasteiger partial charge in [0.2, 0.25) is 0 Å². The predicted octanol–water partition coefficient (Wildman–Crippen LogP) is 3.73. The molecule has 1 saturated carbocycles. The minimum Gasteiger partial charge on any atom is -0.507 e. The molecule has 2 aromatic carbocycles. The number of urea groups is 1. The fourth-order valence-electron chi connectivity index (χ4n) is 7.96. The molecule has 3 fully saturated rings. The third-order valence-corrected chi connectivity index (χ3v) is 11.4. The summed E-state index contributed by atoms with van der Waals surface area (Å²) in [6, 6.07) is 11.3. The van der Waals surface area contributed by atoms with Crippen LogP contribution in [0.25, 0.3) is 0 Å². The number of phenolic OH excluding ortho intramolecular Hbond substituents is 1. The van der Waals surface area contributed by atoms with E-state index in [0.717, 1.165) is 43.4 Å². The van der Waals surface area contributed by atoms with Crippen molar-refractivity contribution in [2.45, 2.75) is 76.0 Å². The van der Waals surface area contributed by atoms with Crippen LogP contribution in [-0.4, -0.2) is 126 Å². The van der Waals surface area contributed by atoms with Gasteiger partial charge in [-0.3, -0.25) is 14.5 Å². The van der Waals surface area contributed by atoms with Gasteiger partial charge < -0.3 is 35.0 Å². The average Bonchev–Trinajstić information content (AvgIpc) is 3.28. The lowest BCUT2D eigenvalue weighted by Gasteiger charge is -2.42. The predicted molar refractivity (Wildman–Crippen MR) is 192 cm³/mol. The molecule has 0 bridgehead atoms. The molecule has 2 saturated heterocycles. The van der Waals surface area contributed by atoms with E-state index in [1.54, 1.807) is 21.9 Å². The van der Waals surface area contributed by atoms with E-state index in [4.69, 9.17) is 17.7 Å². The Balaban J connectivity index is 1.06. The van der Waals surface area contributed by atoms with Crippen LogP contribution in [0, 0.1) is 5.92 Å². The van der Waals surface area contributed by atoms with Crippen molar-refractivity contribution in [3.8, 4) is 5.75 Å². The van der Waals surface area contributed by atoms with Crippen LogP contribution in [0.4, 0.5) is 15.3 Å². The van der Waals surface area contributed by atoms with Gasteiger partial charge in [0.05, 0.1) is 4.47 Å².